The van der Waals surface area contributed by atoms with Crippen LogP contribution < -0.4 is 9.47 Å². The molecule has 3 aliphatic heterocycles. The topological polar surface area (TPSA) is 47.9 Å². The summed E-state index contributed by atoms with van der Waals surface area (Å²) >= 11 is 0. The number of aliphatic hydroxyl groups is 1. The molecule has 30 heavy (non-hydrogen) atoms. The molecule has 0 saturated carbocycles. The van der Waals surface area contributed by atoms with Gasteiger partial charge < -0.3 is 19.3 Å². The third-order valence-corrected chi connectivity index (χ3v) is 6.52. The molecule has 0 aromatic heterocycles. The molecule has 4 nitrogen and oxygen atoms in total. The number of hydrogen-bond acceptors (Lipinski definition) is 4. The van der Waals surface area contributed by atoms with Crippen molar-refractivity contribution in [2.24, 2.45) is 5.92 Å². The van der Waals surface area contributed by atoms with Crippen molar-refractivity contribution in [2.75, 3.05) is 0 Å². The predicted molar refractivity (Wildman–Crippen MR) is 106 cm³/mol. The van der Waals surface area contributed by atoms with E-state index in [1.54, 1.807) is 12.1 Å². The lowest BCUT2D eigenvalue weighted by molar-refractivity contribution is -0.312. The van der Waals surface area contributed by atoms with E-state index in [0.717, 1.165) is 17.5 Å². The van der Waals surface area contributed by atoms with Gasteiger partial charge in [-0.05, 0) is 85.5 Å². The number of benzene rings is 2. The number of fused-ring (bicyclic) bond motifs is 2. The van der Waals surface area contributed by atoms with Gasteiger partial charge in [-0.2, -0.15) is 0 Å². The van der Waals surface area contributed by atoms with Gasteiger partial charge in [-0.1, -0.05) is 6.92 Å². The zero-order valence-electron chi connectivity index (χ0n) is 16.9. The van der Waals surface area contributed by atoms with Crippen LogP contribution in [-0.4, -0.2) is 29.2 Å². The molecule has 1 saturated heterocycles. The van der Waals surface area contributed by atoms with Crippen LogP contribution in [0.25, 0.3) is 0 Å². The lowest BCUT2D eigenvalue weighted by Gasteiger charge is -2.47. The first-order valence-electron chi connectivity index (χ1n) is 10.7. The molecule has 3 aliphatic rings. The molecule has 3 heterocycles. The summed E-state index contributed by atoms with van der Waals surface area (Å²) in [5.41, 5.74) is 1.68. The molecule has 5 atom stereocenters. The maximum atomic E-state index is 13.5. The molecule has 3 unspecified atom stereocenters. The minimum atomic E-state index is -1.43. The molecular weight excluding hydrogens is 390 g/mol. The quantitative estimate of drug-likeness (QED) is 0.780. The standard InChI is InChI=1S/C24H26F2O4/c1-14-10-22(21-6-2-15-11-17(25)4-7-19(15)28-21)30-24(27,13-14)23-9-3-16-12-18(26)5-8-20(16)29-23/h4-5,7-8,11-12,14,21-23,27H,2-3,6,9-10,13H2,1H3/t14?,21-,22?,23+,24?/m1/s1. The van der Waals surface area contributed by atoms with Crippen molar-refractivity contribution in [3.63, 3.8) is 0 Å². The summed E-state index contributed by atoms with van der Waals surface area (Å²) in [6.07, 6.45) is 2.84. The second-order valence-corrected chi connectivity index (χ2v) is 8.89. The Morgan fingerprint density at radius 2 is 1.53 bits per heavy atom. The third-order valence-electron chi connectivity index (χ3n) is 6.52. The van der Waals surface area contributed by atoms with Crippen molar-refractivity contribution in [1.82, 2.24) is 0 Å². The van der Waals surface area contributed by atoms with E-state index in [1.165, 1.54) is 24.3 Å². The van der Waals surface area contributed by atoms with Gasteiger partial charge in [0.25, 0.3) is 0 Å². The maximum Gasteiger partial charge on any atom is 0.204 e. The summed E-state index contributed by atoms with van der Waals surface area (Å²) in [7, 11) is 0. The summed E-state index contributed by atoms with van der Waals surface area (Å²) in [4.78, 5) is 0. The van der Waals surface area contributed by atoms with Crippen molar-refractivity contribution in [1.29, 1.82) is 0 Å². The molecule has 0 amide bonds. The molecule has 0 radical (unpaired) electrons. The Bertz CT molecular complexity index is 949. The molecule has 6 heteroatoms. The monoisotopic (exact) mass is 416 g/mol. The average Bonchev–Trinajstić information content (AvgIpc) is 2.72. The molecule has 1 N–H and O–H groups in total. The SMILES string of the molecule is CC1CC([C@H]2CCc3cc(F)ccc3O2)OC(O)([C@@H]2CCc3cc(F)ccc3O2)C1. The lowest BCUT2D eigenvalue weighted by Crippen LogP contribution is -2.57. The van der Waals surface area contributed by atoms with E-state index in [2.05, 4.69) is 6.92 Å². The van der Waals surface area contributed by atoms with Gasteiger partial charge in [-0.15, -0.1) is 0 Å². The van der Waals surface area contributed by atoms with E-state index in [4.69, 9.17) is 14.2 Å². The fourth-order valence-corrected chi connectivity index (χ4v) is 5.09. The third kappa shape index (κ3) is 3.67. The van der Waals surface area contributed by atoms with Crippen LogP contribution in [0.15, 0.2) is 36.4 Å². The molecule has 160 valence electrons. The highest BCUT2D eigenvalue weighted by atomic mass is 19.1. The van der Waals surface area contributed by atoms with Crippen LogP contribution in [-0.2, 0) is 17.6 Å². The van der Waals surface area contributed by atoms with E-state index in [-0.39, 0.29) is 29.8 Å². The molecule has 1 fully saturated rings. The summed E-state index contributed by atoms with van der Waals surface area (Å²) < 4.78 is 45.4. The molecular formula is C24H26F2O4. The molecule has 2 aromatic rings. The molecule has 0 bridgehead atoms. The summed E-state index contributed by atoms with van der Waals surface area (Å²) in [5, 5.41) is 11.5. The lowest BCUT2D eigenvalue weighted by atomic mass is 9.83. The number of ether oxygens (including phenoxy) is 3. The van der Waals surface area contributed by atoms with Crippen molar-refractivity contribution in [2.45, 2.75) is 69.5 Å². The Balaban J connectivity index is 1.33. The van der Waals surface area contributed by atoms with Crippen molar-refractivity contribution in [3.8, 4) is 11.5 Å². The van der Waals surface area contributed by atoms with Gasteiger partial charge >= 0.3 is 0 Å². The van der Waals surface area contributed by atoms with Crippen LogP contribution in [0.4, 0.5) is 8.78 Å². The second kappa shape index (κ2) is 7.50. The molecule has 5 rings (SSSR count). The number of halogens is 2. The van der Waals surface area contributed by atoms with E-state index >= 15 is 0 Å². The molecule has 2 aromatic carbocycles. The van der Waals surface area contributed by atoms with Crippen LogP contribution in [0.2, 0.25) is 0 Å². The number of aryl methyl sites for hydroxylation is 2. The first-order chi connectivity index (χ1) is 14.4. The first-order valence-corrected chi connectivity index (χ1v) is 10.7. The van der Waals surface area contributed by atoms with Crippen molar-refractivity contribution >= 4 is 0 Å². The largest absolute Gasteiger partial charge is 0.487 e. The van der Waals surface area contributed by atoms with Crippen molar-refractivity contribution in [3.05, 3.63) is 59.2 Å². The second-order valence-electron chi connectivity index (χ2n) is 8.89. The van der Waals surface area contributed by atoms with Crippen LogP contribution in [0.1, 0.15) is 43.7 Å². The minimum absolute atomic E-state index is 0.206. The Morgan fingerprint density at radius 1 is 0.900 bits per heavy atom. The fraction of sp³-hybridized carbons (Fsp3) is 0.500. The van der Waals surface area contributed by atoms with Gasteiger partial charge in [0.2, 0.25) is 5.79 Å². The van der Waals surface area contributed by atoms with E-state index in [1.807, 2.05) is 0 Å². The van der Waals surface area contributed by atoms with Gasteiger partial charge in [0, 0.05) is 6.42 Å². The van der Waals surface area contributed by atoms with Gasteiger partial charge in [-0.25, -0.2) is 8.78 Å². The highest BCUT2D eigenvalue weighted by molar-refractivity contribution is 5.37. The summed E-state index contributed by atoms with van der Waals surface area (Å²) in [6, 6.07) is 9.05. The van der Waals surface area contributed by atoms with E-state index in [0.29, 0.717) is 43.6 Å². The minimum Gasteiger partial charge on any atom is -0.487 e. The first kappa shape index (κ1) is 19.8. The number of hydrogen-bond donors (Lipinski definition) is 1. The molecule has 0 spiro atoms. The fourth-order valence-electron chi connectivity index (χ4n) is 5.09. The van der Waals surface area contributed by atoms with Gasteiger partial charge in [-0.3, -0.25) is 0 Å². The Hall–Kier alpha value is -2.18. The van der Waals surface area contributed by atoms with Crippen LogP contribution >= 0.6 is 0 Å². The van der Waals surface area contributed by atoms with E-state index < -0.39 is 11.9 Å². The maximum absolute atomic E-state index is 13.5. The zero-order valence-corrected chi connectivity index (χ0v) is 16.9. The zero-order chi connectivity index (χ0) is 20.9. The highest BCUT2D eigenvalue weighted by Gasteiger charge is 2.49. The van der Waals surface area contributed by atoms with Gasteiger partial charge in [0.15, 0.2) is 6.10 Å². The molecule has 0 aliphatic carbocycles. The van der Waals surface area contributed by atoms with Crippen LogP contribution in [0.3, 0.4) is 0 Å². The van der Waals surface area contributed by atoms with Gasteiger partial charge in [0.05, 0.1) is 6.10 Å². The van der Waals surface area contributed by atoms with E-state index in [9.17, 15) is 13.9 Å². The Labute approximate surface area is 174 Å². The average molecular weight is 416 g/mol. The van der Waals surface area contributed by atoms with Crippen LogP contribution in [0, 0.1) is 17.6 Å². The predicted octanol–water partition coefficient (Wildman–Crippen LogP) is 4.56. The van der Waals surface area contributed by atoms with Gasteiger partial charge in [0.1, 0.15) is 29.2 Å². The van der Waals surface area contributed by atoms with Crippen molar-refractivity contribution < 1.29 is 28.1 Å². The summed E-state index contributed by atoms with van der Waals surface area (Å²) in [5.74, 6) is -0.465. The normalized spacial score (nSPS) is 33.1. The smallest absolute Gasteiger partial charge is 0.204 e. The Kier molecular flexibility index (Phi) is 4.94. The number of rotatable bonds is 2. The Morgan fingerprint density at radius 3 is 2.23 bits per heavy atom. The highest BCUT2D eigenvalue weighted by Crippen LogP contribution is 2.42. The van der Waals surface area contributed by atoms with Crippen LogP contribution in [0.5, 0.6) is 11.5 Å². The summed E-state index contributed by atoms with van der Waals surface area (Å²) in [6.45, 7) is 2.10.